The maximum absolute atomic E-state index is 12.7. The summed E-state index contributed by atoms with van der Waals surface area (Å²) < 4.78 is 10.9. The predicted molar refractivity (Wildman–Crippen MR) is 116 cm³/mol. The number of anilines is 1. The molecule has 0 aliphatic carbocycles. The van der Waals surface area contributed by atoms with Crippen LogP contribution in [0.25, 0.3) is 6.08 Å². The fourth-order valence-corrected chi connectivity index (χ4v) is 3.60. The molecule has 2 aromatic carbocycles. The Morgan fingerprint density at radius 1 is 1.16 bits per heavy atom. The first-order valence-corrected chi connectivity index (χ1v) is 10.2. The van der Waals surface area contributed by atoms with Crippen LogP contribution in [-0.4, -0.2) is 41.7 Å². The third kappa shape index (κ3) is 5.65. The van der Waals surface area contributed by atoms with Crippen LogP contribution in [0.1, 0.15) is 12.5 Å². The van der Waals surface area contributed by atoms with Crippen LogP contribution in [0, 0.1) is 11.3 Å². The zero-order valence-corrected chi connectivity index (χ0v) is 17.5. The number of hydrogen-bond acceptors (Lipinski definition) is 7. The number of nitrogens with zero attached hydrogens (tertiary/aromatic N) is 2. The molecule has 0 bridgehead atoms. The van der Waals surface area contributed by atoms with Crippen LogP contribution in [0.2, 0.25) is 0 Å². The number of para-hydroxylation sites is 1. The summed E-state index contributed by atoms with van der Waals surface area (Å²) in [5, 5.41) is 10.8. The number of ether oxygens (including phenoxy) is 2. The molecule has 8 nitrogen and oxygen atoms in total. The molecular formula is C22H19N3O5S. The molecule has 3 rings (SSSR count). The van der Waals surface area contributed by atoms with Gasteiger partial charge in [0.15, 0.2) is 18.1 Å². The smallest absolute Gasteiger partial charge is 0.294 e. The highest BCUT2D eigenvalue weighted by molar-refractivity contribution is 8.18. The topological polar surface area (TPSA) is 109 Å². The Morgan fingerprint density at radius 2 is 1.94 bits per heavy atom. The Balaban J connectivity index is 1.73. The summed E-state index contributed by atoms with van der Waals surface area (Å²) in [6.07, 6.45) is 1.55. The van der Waals surface area contributed by atoms with Crippen molar-refractivity contribution < 1.29 is 23.9 Å². The largest absolute Gasteiger partial charge is 0.490 e. The first-order valence-electron chi connectivity index (χ1n) is 9.38. The van der Waals surface area contributed by atoms with E-state index in [4.69, 9.17) is 14.7 Å². The number of carbonyl (C=O) groups excluding carboxylic acids is 3. The molecule has 0 unspecified atom stereocenters. The lowest BCUT2D eigenvalue weighted by atomic mass is 10.2. The molecule has 0 spiro atoms. The van der Waals surface area contributed by atoms with Crippen LogP contribution in [-0.2, 0) is 9.59 Å². The molecule has 0 saturated carbocycles. The van der Waals surface area contributed by atoms with Gasteiger partial charge in [-0.3, -0.25) is 19.3 Å². The van der Waals surface area contributed by atoms with Gasteiger partial charge < -0.3 is 14.8 Å². The number of amides is 3. The number of rotatable bonds is 8. The predicted octanol–water partition coefficient (Wildman–Crippen LogP) is 3.66. The van der Waals surface area contributed by atoms with E-state index < -0.39 is 17.1 Å². The van der Waals surface area contributed by atoms with Crippen molar-refractivity contribution in [3.05, 3.63) is 59.0 Å². The van der Waals surface area contributed by atoms with Gasteiger partial charge in [-0.25, -0.2) is 0 Å². The number of carbonyl (C=O) groups is 3. The SMILES string of the molecule is CCOc1cc(/C=C2\SC(=O)N(CC(=O)Nc3ccccc3)C2=O)ccc1OCC#N. The molecule has 158 valence electrons. The van der Waals surface area contributed by atoms with E-state index in [0.717, 1.165) is 16.7 Å². The number of nitrogens with one attached hydrogen (secondary N) is 1. The minimum atomic E-state index is -0.541. The maximum atomic E-state index is 12.7. The minimum absolute atomic E-state index is 0.122. The van der Waals surface area contributed by atoms with Gasteiger partial charge in [-0.05, 0) is 54.6 Å². The summed E-state index contributed by atoms with van der Waals surface area (Å²) in [5.74, 6) is -0.174. The van der Waals surface area contributed by atoms with Crippen molar-refractivity contribution in [3.8, 4) is 17.6 Å². The summed E-state index contributed by atoms with van der Waals surface area (Å²) in [6, 6.07) is 15.6. The molecule has 1 aliphatic heterocycles. The number of hydrogen-bond donors (Lipinski definition) is 1. The fourth-order valence-electron chi connectivity index (χ4n) is 2.77. The third-order valence-corrected chi connectivity index (χ3v) is 5.00. The quantitative estimate of drug-likeness (QED) is 0.628. The molecule has 2 aromatic rings. The van der Waals surface area contributed by atoms with Crippen molar-refractivity contribution in [1.82, 2.24) is 4.90 Å². The van der Waals surface area contributed by atoms with Gasteiger partial charge in [0, 0.05) is 5.69 Å². The van der Waals surface area contributed by atoms with Gasteiger partial charge in [-0.15, -0.1) is 0 Å². The monoisotopic (exact) mass is 437 g/mol. The lowest BCUT2D eigenvalue weighted by molar-refractivity contribution is -0.127. The van der Waals surface area contributed by atoms with Crippen molar-refractivity contribution in [3.63, 3.8) is 0 Å². The molecular weight excluding hydrogens is 418 g/mol. The highest BCUT2D eigenvalue weighted by Gasteiger charge is 2.36. The molecule has 1 saturated heterocycles. The zero-order valence-electron chi connectivity index (χ0n) is 16.7. The van der Waals surface area contributed by atoms with Crippen LogP contribution >= 0.6 is 11.8 Å². The van der Waals surface area contributed by atoms with E-state index >= 15 is 0 Å². The number of thioether (sulfide) groups is 1. The molecule has 1 aliphatic rings. The van der Waals surface area contributed by atoms with Gasteiger partial charge in [-0.2, -0.15) is 5.26 Å². The summed E-state index contributed by atoms with van der Waals surface area (Å²) in [6.45, 7) is 1.71. The van der Waals surface area contributed by atoms with E-state index in [-0.39, 0.29) is 18.1 Å². The van der Waals surface area contributed by atoms with Crippen molar-refractivity contribution >= 4 is 40.6 Å². The molecule has 0 aromatic heterocycles. The summed E-state index contributed by atoms with van der Waals surface area (Å²) in [4.78, 5) is 38.3. The normalized spacial score (nSPS) is 14.5. The van der Waals surface area contributed by atoms with E-state index in [1.807, 2.05) is 19.1 Å². The maximum Gasteiger partial charge on any atom is 0.294 e. The van der Waals surface area contributed by atoms with Gasteiger partial charge in [-0.1, -0.05) is 24.3 Å². The van der Waals surface area contributed by atoms with E-state index in [0.29, 0.717) is 29.4 Å². The molecule has 9 heteroatoms. The molecule has 1 N–H and O–H groups in total. The van der Waals surface area contributed by atoms with Crippen molar-refractivity contribution in [2.45, 2.75) is 6.92 Å². The number of benzene rings is 2. The average molecular weight is 437 g/mol. The van der Waals surface area contributed by atoms with Gasteiger partial charge in [0.25, 0.3) is 11.1 Å². The lowest BCUT2D eigenvalue weighted by Crippen LogP contribution is -2.36. The van der Waals surface area contributed by atoms with Gasteiger partial charge in [0.2, 0.25) is 5.91 Å². The van der Waals surface area contributed by atoms with Crippen LogP contribution in [0.5, 0.6) is 11.5 Å². The molecule has 31 heavy (non-hydrogen) atoms. The summed E-state index contributed by atoms with van der Waals surface area (Å²) in [7, 11) is 0. The van der Waals surface area contributed by atoms with Crippen LogP contribution in [0.3, 0.4) is 0 Å². The van der Waals surface area contributed by atoms with E-state index in [1.54, 1.807) is 48.5 Å². The second-order valence-corrected chi connectivity index (χ2v) is 7.26. The highest BCUT2D eigenvalue weighted by atomic mass is 32.2. The van der Waals surface area contributed by atoms with E-state index in [1.165, 1.54) is 0 Å². The van der Waals surface area contributed by atoms with Crippen molar-refractivity contribution in [2.75, 3.05) is 25.1 Å². The Labute approximate surface area is 183 Å². The number of imide groups is 1. The highest BCUT2D eigenvalue weighted by Crippen LogP contribution is 2.34. The van der Waals surface area contributed by atoms with E-state index in [9.17, 15) is 14.4 Å². The Kier molecular flexibility index (Phi) is 7.30. The molecule has 3 amide bonds. The van der Waals surface area contributed by atoms with Gasteiger partial charge in [0.05, 0.1) is 11.5 Å². The first-order chi connectivity index (χ1) is 15.0. The Morgan fingerprint density at radius 3 is 2.65 bits per heavy atom. The van der Waals surface area contributed by atoms with Crippen molar-refractivity contribution in [1.29, 1.82) is 5.26 Å². The first kappa shape index (κ1) is 21.9. The van der Waals surface area contributed by atoms with Crippen LogP contribution < -0.4 is 14.8 Å². The summed E-state index contributed by atoms with van der Waals surface area (Å²) >= 11 is 0.766. The van der Waals surface area contributed by atoms with Gasteiger partial charge in [0.1, 0.15) is 12.6 Å². The van der Waals surface area contributed by atoms with Crippen molar-refractivity contribution in [2.24, 2.45) is 0 Å². The second-order valence-electron chi connectivity index (χ2n) is 6.27. The minimum Gasteiger partial charge on any atom is -0.490 e. The number of nitriles is 1. The van der Waals surface area contributed by atoms with Crippen LogP contribution in [0.4, 0.5) is 10.5 Å². The Bertz CT molecular complexity index is 1060. The lowest BCUT2D eigenvalue weighted by Gasteiger charge is -2.12. The standard InChI is InChI=1S/C22H19N3O5S/c1-2-29-18-12-15(8-9-17(18)30-11-10-23)13-19-21(27)25(22(28)31-19)14-20(26)24-16-6-4-3-5-7-16/h3-9,12-13H,2,11,14H2,1H3,(H,24,26)/b19-13-. The van der Waals surface area contributed by atoms with Gasteiger partial charge >= 0.3 is 0 Å². The van der Waals surface area contributed by atoms with E-state index in [2.05, 4.69) is 5.32 Å². The average Bonchev–Trinajstić information content (AvgIpc) is 3.01. The second kappa shape index (κ2) is 10.3. The fraction of sp³-hybridized carbons (Fsp3) is 0.182. The molecule has 1 heterocycles. The molecule has 0 radical (unpaired) electrons. The summed E-state index contributed by atoms with van der Waals surface area (Å²) in [5.41, 5.74) is 1.20. The molecule has 1 fully saturated rings. The zero-order chi connectivity index (χ0) is 22.2. The van der Waals surface area contributed by atoms with Crippen LogP contribution in [0.15, 0.2) is 53.4 Å². The molecule has 0 atom stereocenters. The Hall–Kier alpha value is -3.77. The third-order valence-electron chi connectivity index (χ3n) is 4.09.